The Labute approximate surface area is 116 Å². The van der Waals surface area contributed by atoms with Crippen LogP contribution in [-0.2, 0) is 0 Å². The van der Waals surface area contributed by atoms with Crippen LogP contribution < -0.4 is 0 Å². The minimum absolute atomic E-state index is 0.125. The van der Waals surface area contributed by atoms with Gasteiger partial charge in [0.15, 0.2) is 11.6 Å². The maximum atomic E-state index is 12.4. The summed E-state index contributed by atoms with van der Waals surface area (Å²) in [7, 11) is 0. The van der Waals surface area contributed by atoms with Gasteiger partial charge in [-0.2, -0.15) is 0 Å². The van der Waals surface area contributed by atoms with E-state index in [2.05, 4.69) is 0 Å². The van der Waals surface area contributed by atoms with E-state index in [0.29, 0.717) is 16.7 Å². The van der Waals surface area contributed by atoms with Gasteiger partial charge in [-0.25, -0.2) is 0 Å². The fourth-order valence-corrected chi connectivity index (χ4v) is 2.35. The number of fused-ring (bicyclic) bond motifs is 1. The highest BCUT2D eigenvalue weighted by atomic mass is 16.3. The number of ketones is 2. The summed E-state index contributed by atoms with van der Waals surface area (Å²) in [5.74, 6) is -0.540. The molecule has 0 amide bonds. The second-order valence-corrected chi connectivity index (χ2v) is 4.65. The van der Waals surface area contributed by atoms with Crippen LogP contribution >= 0.6 is 0 Å². The molecule has 3 heteroatoms. The highest BCUT2D eigenvalue weighted by Crippen LogP contribution is 2.29. The van der Waals surface area contributed by atoms with Crippen molar-refractivity contribution in [1.82, 2.24) is 0 Å². The van der Waals surface area contributed by atoms with Gasteiger partial charge < -0.3 is 5.11 Å². The summed E-state index contributed by atoms with van der Waals surface area (Å²) < 4.78 is 0. The number of carbonyl (C=O) groups excluding carboxylic acids is 2. The second kappa shape index (κ2) is 4.87. The molecule has 0 unspecified atom stereocenters. The summed E-state index contributed by atoms with van der Waals surface area (Å²) in [6, 6.07) is 15.5. The average molecular weight is 264 g/mol. The summed E-state index contributed by atoms with van der Waals surface area (Å²) in [4.78, 5) is 24.4. The van der Waals surface area contributed by atoms with E-state index in [-0.39, 0.29) is 17.1 Å². The molecule has 2 aromatic rings. The molecule has 1 aliphatic rings. The smallest absolute Gasteiger partial charge is 0.192 e. The van der Waals surface area contributed by atoms with Crippen molar-refractivity contribution in [3.8, 4) is 0 Å². The lowest BCUT2D eigenvalue weighted by Gasteiger charge is -2.19. The molecule has 2 aromatic carbocycles. The van der Waals surface area contributed by atoms with Crippen LogP contribution in [0.4, 0.5) is 0 Å². The normalized spacial score (nSPS) is 15.6. The van der Waals surface area contributed by atoms with E-state index < -0.39 is 6.10 Å². The molecule has 1 aliphatic carbocycles. The predicted octanol–water partition coefficient (Wildman–Crippen LogP) is 2.73. The monoisotopic (exact) mass is 264 g/mol. The Hall–Kier alpha value is -2.52. The highest BCUT2D eigenvalue weighted by Gasteiger charge is 2.29. The predicted molar refractivity (Wildman–Crippen MR) is 74.6 cm³/mol. The summed E-state index contributed by atoms with van der Waals surface area (Å²) in [6.45, 7) is 0. The minimum atomic E-state index is -1.08. The number of carbonyl (C=O) groups is 2. The van der Waals surface area contributed by atoms with Gasteiger partial charge in [-0.05, 0) is 11.6 Å². The first kappa shape index (κ1) is 12.5. The van der Waals surface area contributed by atoms with Gasteiger partial charge in [-0.15, -0.1) is 0 Å². The first-order valence-electron chi connectivity index (χ1n) is 6.31. The quantitative estimate of drug-likeness (QED) is 0.907. The Morgan fingerprint density at radius 2 is 1.40 bits per heavy atom. The van der Waals surface area contributed by atoms with Gasteiger partial charge >= 0.3 is 0 Å². The van der Waals surface area contributed by atoms with Crippen LogP contribution in [0.25, 0.3) is 0 Å². The van der Waals surface area contributed by atoms with Crippen LogP contribution in [0, 0.1) is 0 Å². The lowest BCUT2D eigenvalue weighted by atomic mass is 9.85. The van der Waals surface area contributed by atoms with Crippen molar-refractivity contribution >= 4 is 11.6 Å². The number of aliphatic hydroxyl groups excluding tert-OH is 1. The molecule has 98 valence electrons. The molecule has 1 atom stereocenters. The molecule has 3 rings (SSSR count). The van der Waals surface area contributed by atoms with Gasteiger partial charge in [-0.1, -0.05) is 54.6 Å². The Kier molecular flexibility index (Phi) is 3.05. The van der Waals surface area contributed by atoms with Crippen LogP contribution in [-0.4, -0.2) is 16.7 Å². The topological polar surface area (TPSA) is 54.4 Å². The molecule has 0 fully saturated rings. The standard InChI is InChI=1S/C17H12O3/c18-15-10-14(16(19)11-6-2-1-3-7-11)17(20)13-9-5-4-8-12(13)15/h1-10,16,19H/t16-/m1/s1. The van der Waals surface area contributed by atoms with E-state index in [4.69, 9.17) is 0 Å². The summed E-state index contributed by atoms with van der Waals surface area (Å²) in [5.41, 5.74) is 1.46. The van der Waals surface area contributed by atoms with Gasteiger partial charge in [0.1, 0.15) is 6.10 Å². The van der Waals surface area contributed by atoms with E-state index in [9.17, 15) is 14.7 Å². The van der Waals surface area contributed by atoms with Crippen molar-refractivity contribution in [2.24, 2.45) is 0 Å². The first-order chi connectivity index (χ1) is 9.68. The molecule has 0 saturated carbocycles. The first-order valence-corrected chi connectivity index (χ1v) is 6.31. The number of aliphatic hydroxyl groups is 1. The van der Waals surface area contributed by atoms with Gasteiger partial charge in [0.25, 0.3) is 0 Å². The molecular weight excluding hydrogens is 252 g/mol. The number of rotatable bonds is 2. The lowest BCUT2D eigenvalue weighted by molar-refractivity contribution is 0.0947. The van der Waals surface area contributed by atoms with Crippen molar-refractivity contribution in [3.05, 3.63) is 82.9 Å². The van der Waals surface area contributed by atoms with Crippen molar-refractivity contribution < 1.29 is 14.7 Å². The number of benzene rings is 2. The van der Waals surface area contributed by atoms with E-state index in [1.54, 1.807) is 48.5 Å². The number of hydrogen-bond donors (Lipinski definition) is 1. The number of Topliss-reactive ketones (excluding diaryl/α,β-unsaturated/α-hetero) is 1. The zero-order valence-electron chi connectivity index (χ0n) is 10.6. The summed E-state index contributed by atoms with van der Waals surface area (Å²) >= 11 is 0. The van der Waals surface area contributed by atoms with Gasteiger partial charge in [-0.3, -0.25) is 9.59 Å². The molecule has 0 bridgehead atoms. The highest BCUT2D eigenvalue weighted by molar-refractivity contribution is 6.24. The summed E-state index contributed by atoms with van der Waals surface area (Å²) in [6.07, 6.45) is 0.156. The average Bonchev–Trinajstić information content (AvgIpc) is 2.51. The molecule has 1 N–H and O–H groups in total. The third-order valence-corrected chi connectivity index (χ3v) is 3.40. The zero-order valence-corrected chi connectivity index (χ0v) is 10.6. The molecule has 3 nitrogen and oxygen atoms in total. The largest absolute Gasteiger partial charge is 0.384 e. The van der Waals surface area contributed by atoms with Crippen LogP contribution in [0.15, 0.2) is 66.2 Å². The van der Waals surface area contributed by atoms with Crippen molar-refractivity contribution in [2.75, 3.05) is 0 Å². The van der Waals surface area contributed by atoms with E-state index in [1.165, 1.54) is 6.08 Å². The van der Waals surface area contributed by atoms with E-state index in [1.807, 2.05) is 6.07 Å². The van der Waals surface area contributed by atoms with Crippen molar-refractivity contribution in [3.63, 3.8) is 0 Å². The Morgan fingerprint density at radius 1 is 0.800 bits per heavy atom. The number of hydrogen-bond acceptors (Lipinski definition) is 3. The molecule has 0 radical (unpaired) electrons. The maximum Gasteiger partial charge on any atom is 0.192 e. The van der Waals surface area contributed by atoms with E-state index in [0.717, 1.165) is 0 Å². The Bertz CT molecular complexity index is 714. The van der Waals surface area contributed by atoms with Crippen LogP contribution in [0.5, 0.6) is 0 Å². The molecule has 0 heterocycles. The third-order valence-electron chi connectivity index (χ3n) is 3.40. The maximum absolute atomic E-state index is 12.4. The Morgan fingerprint density at radius 3 is 2.10 bits per heavy atom. The van der Waals surface area contributed by atoms with Gasteiger partial charge in [0.2, 0.25) is 0 Å². The molecule has 0 aromatic heterocycles. The number of allylic oxidation sites excluding steroid dienone is 1. The SMILES string of the molecule is O=C1C=C([C@H](O)c2ccccc2)C(=O)c2ccccc21. The second-order valence-electron chi connectivity index (χ2n) is 4.65. The third kappa shape index (κ3) is 1.98. The fourth-order valence-electron chi connectivity index (χ4n) is 2.35. The molecule has 20 heavy (non-hydrogen) atoms. The van der Waals surface area contributed by atoms with Crippen LogP contribution in [0.1, 0.15) is 32.4 Å². The van der Waals surface area contributed by atoms with Crippen molar-refractivity contribution in [1.29, 1.82) is 0 Å². The van der Waals surface area contributed by atoms with Crippen LogP contribution in [0.2, 0.25) is 0 Å². The zero-order chi connectivity index (χ0) is 14.1. The van der Waals surface area contributed by atoms with E-state index >= 15 is 0 Å². The van der Waals surface area contributed by atoms with Crippen LogP contribution in [0.3, 0.4) is 0 Å². The van der Waals surface area contributed by atoms with Gasteiger partial charge in [0, 0.05) is 16.7 Å². The van der Waals surface area contributed by atoms with Crippen molar-refractivity contribution in [2.45, 2.75) is 6.10 Å². The molecular formula is C17H12O3. The van der Waals surface area contributed by atoms with Gasteiger partial charge in [0.05, 0.1) is 0 Å². The molecule has 0 saturated heterocycles. The molecule has 0 spiro atoms. The Balaban J connectivity index is 2.05. The fraction of sp³-hybridized carbons (Fsp3) is 0.0588. The molecule has 0 aliphatic heterocycles. The minimum Gasteiger partial charge on any atom is -0.384 e. The summed E-state index contributed by atoms with van der Waals surface area (Å²) in [5, 5.41) is 10.3. The lowest BCUT2D eigenvalue weighted by Crippen LogP contribution is -2.21.